The number of likely N-dealkylation sites (tertiary alicyclic amines) is 2. The van der Waals surface area contributed by atoms with Gasteiger partial charge in [0.1, 0.15) is 0 Å². The molecule has 3 rings (SSSR count). The highest BCUT2D eigenvalue weighted by atomic mass is 16.5. The van der Waals surface area contributed by atoms with E-state index in [1.165, 1.54) is 30.6 Å². The summed E-state index contributed by atoms with van der Waals surface area (Å²) in [6.07, 6.45) is 4.79. The molecule has 1 aromatic rings. The Labute approximate surface area is 195 Å². The summed E-state index contributed by atoms with van der Waals surface area (Å²) >= 11 is 0. The van der Waals surface area contributed by atoms with Crippen LogP contribution in [0.2, 0.25) is 0 Å². The van der Waals surface area contributed by atoms with Gasteiger partial charge in [-0.3, -0.25) is 9.89 Å². The van der Waals surface area contributed by atoms with Crippen LogP contribution in [0.1, 0.15) is 50.7 Å². The minimum absolute atomic E-state index is 0.361. The number of rotatable bonds is 9. The number of hydrogen-bond donors (Lipinski definition) is 1. The molecule has 2 aliphatic heterocycles. The zero-order valence-electron chi connectivity index (χ0n) is 20.7. The highest BCUT2D eigenvalue weighted by molar-refractivity contribution is 5.79. The SMILES string of the molecule is CN=C(NCc1ccc(CN2CC(C)CC(C)C2)cc1)N1CCC(OCCCOC)CC1. The minimum atomic E-state index is 0.361. The van der Waals surface area contributed by atoms with E-state index in [2.05, 4.69) is 58.2 Å². The molecule has 2 heterocycles. The van der Waals surface area contributed by atoms with Crippen LogP contribution in [0.15, 0.2) is 29.3 Å². The molecular formula is C26H44N4O2. The number of nitrogens with zero attached hydrogens (tertiary/aromatic N) is 3. The summed E-state index contributed by atoms with van der Waals surface area (Å²) in [6.45, 7) is 12.6. The molecule has 0 amide bonds. The van der Waals surface area contributed by atoms with Crippen molar-refractivity contribution < 1.29 is 9.47 Å². The number of ether oxygens (including phenoxy) is 2. The van der Waals surface area contributed by atoms with Crippen molar-refractivity contribution in [3.05, 3.63) is 35.4 Å². The van der Waals surface area contributed by atoms with Crippen molar-refractivity contribution in [2.24, 2.45) is 16.8 Å². The molecule has 0 radical (unpaired) electrons. The van der Waals surface area contributed by atoms with Crippen molar-refractivity contribution in [3.8, 4) is 0 Å². The maximum atomic E-state index is 5.98. The van der Waals surface area contributed by atoms with Crippen LogP contribution in [0.4, 0.5) is 0 Å². The topological polar surface area (TPSA) is 49.3 Å². The van der Waals surface area contributed by atoms with E-state index in [0.29, 0.717) is 6.10 Å². The Morgan fingerprint density at radius 3 is 2.31 bits per heavy atom. The molecule has 2 saturated heterocycles. The highest BCUT2D eigenvalue weighted by Crippen LogP contribution is 2.22. The van der Waals surface area contributed by atoms with Gasteiger partial charge >= 0.3 is 0 Å². The molecule has 180 valence electrons. The van der Waals surface area contributed by atoms with Crippen LogP contribution >= 0.6 is 0 Å². The first kappa shape index (κ1) is 25.0. The summed E-state index contributed by atoms with van der Waals surface area (Å²) in [6, 6.07) is 9.09. The molecule has 0 aliphatic carbocycles. The van der Waals surface area contributed by atoms with E-state index in [-0.39, 0.29) is 0 Å². The quantitative estimate of drug-likeness (QED) is 0.357. The average molecular weight is 445 g/mol. The fourth-order valence-electron chi connectivity index (χ4n) is 5.14. The standard InChI is InChI=1S/C26H44N4O2/c1-21-16-22(2)19-29(18-21)20-24-8-6-23(7-9-24)17-28-26(27-3)30-12-10-25(11-13-30)32-15-5-14-31-4/h6-9,21-22,25H,5,10-20H2,1-4H3,(H,27,28). The van der Waals surface area contributed by atoms with Crippen LogP contribution in [0, 0.1) is 11.8 Å². The molecule has 6 heteroatoms. The second-order valence-corrected chi connectivity index (χ2v) is 9.76. The van der Waals surface area contributed by atoms with Crippen molar-refractivity contribution in [2.45, 2.75) is 58.7 Å². The predicted octanol–water partition coefficient (Wildman–Crippen LogP) is 3.76. The van der Waals surface area contributed by atoms with Crippen molar-refractivity contribution in [1.29, 1.82) is 0 Å². The molecule has 2 aliphatic rings. The normalized spacial score (nSPS) is 23.5. The second kappa shape index (κ2) is 13.2. The maximum Gasteiger partial charge on any atom is 0.193 e. The van der Waals surface area contributed by atoms with Gasteiger partial charge in [0.05, 0.1) is 6.10 Å². The number of nitrogens with one attached hydrogen (secondary N) is 1. The van der Waals surface area contributed by atoms with Gasteiger partial charge in [0.2, 0.25) is 0 Å². The van der Waals surface area contributed by atoms with Crippen LogP contribution in [-0.4, -0.2) is 75.4 Å². The lowest BCUT2D eigenvalue weighted by Crippen LogP contribution is -2.46. The molecule has 1 N–H and O–H groups in total. The highest BCUT2D eigenvalue weighted by Gasteiger charge is 2.23. The van der Waals surface area contributed by atoms with Gasteiger partial charge in [0, 0.05) is 66.6 Å². The molecule has 2 atom stereocenters. The van der Waals surface area contributed by atoms with Gasteiger partial charge in [-0.1, -0.05) is 38.1 Å². The van der Waals surface area contributed by atoms with Crippen LogP contribution in [0.25, 0.3) is 0 Å². The smallest absolute Gasteiger partial charge is 0.193 e. The van der Waals surface area contributed by atoms with E-state index >= 15 is 0 Å². The summed E-state index contributed by atoms with van der Waals surface area (Å²) in [5.41, 5.74) is 2.71. The van der Waals surface area contributed by atoms with Crippen molar-refractivity contribution in [1.82, 2.24) is 15.1 Å². The Kier molecular flexibility index (Phi) is 10.3. The van der Waals surface area contributed by atoms with Gasteiger partial charge in [0.15, 0.2) is 5.96 Å². The first-order chi connectivity index (χ1) is 15.6. The zero-order chi connectivity index (χ0) is 22.8. The first-order valence-electron chi connectivity index (χ1n) is 12.4. The third-order valence-corrected chi connectivity index (χ3v) is 6.62. The number of guanidine groups is 1. The zero-order valence-corrected chi connectivity index (χ0v) is 20.7. The van der Waals surface area contributed by atoms with E-state index in [9.17, 15) is 0 Å². The van der Waals surface area contributed by atoms with Crippen LogP contribution in [0.3, 0.4) is 0 Å². The maximum absolute atomic E-state index is 5.98. The Hall–Kier alpha value is -1.63. The molecule has 0 bridgehead atoms. The van der Waals surface area contributed by atoms with Gasteiger partial charge in [-0.2, -0.15) is 0 Å². The predicted molar refractivity (Wildman–Crippen MR) is 132 cm³/mol. The molecule has 0 spiro atoms. The third-order valence-electron chi connectivity index (χ3n) is 6.62. The number of hydrogen-bond acceptors (Lipinski definition) is 4. The second-order valence-electron chi connectivity index (χ2n) is 9.76. The molecule has 0 saturated carbocycles. The molecule has 1 aromatic carbocycles. The average Bonchev–Trinajstić information content (AvgIpc) is 2.78. The van der Waals surface area contributed by atoms with E-state index in [1.807, 2.05) is 7.05 Å². The summed E-state index contributed by atoms with van der Waals surface area (Å²) in [7, 11) is 3.61. The third kappa shape index (κ3) is 8.05. The van der Waals surface area contributed by atoms with E-state index in [4.69, 9.17) is 9.47 Å². The summed E-state index contributed by atoms with van der Waals surface area (Å²) in [4.78, 5) is 9.47. The summed E-state index contributed by atoms with van der Waals surface area (Å²) in [5.74, 6) is 2.60. The summed E-state index contributed by atoms with van der Waals surface area (Å²) in [5, 5.41) is 3.55. The minimum Gasteiger partial charge on any atom is -0.385 e. The molecular weight excluding hydrogens is 400 g/mol. The van der Waals surface area contributed by atoms with Crippen molar-refractivity contribution in [2.75, 3.05) is 53.6 Å². The summed E-state index contributed by atoms with van der Waals surface area (Å²) < 4.78 is 11.1. The molecule has 2 unspecified atom stereocenters. The van der Waals surface area contributed by atoms with Gasteiger partial charge < -0.3 is 19.7 Å². The number of benzene rings is 1. The molecule has 6 nitrogen and oxygen atoms in total. The van der Waals surface area contributed by atoms with Gasteiger partial charge in [-0.25, -0.2) is 0 Å². The monoisotopic (exact) mass is 444 g/mol. The van der Waals surface area contributed by atoms with Gasteiger partial charge in [-0.15, -0.1) is 0 Å². The first-order valence-corrected chi connectivity index (χ1v) is 12.4. The Morgan fingerprint density at radius 2 is 1.69 bits per heavy atom. The van der Waals surface area contributed by atoms with E-state index in [1.54, 1.807) is 7.11 Å². The fourth-order valence-corrected chi connectivity index (χ4v) is 5.14. The van der Waals surface area contributed by atoms with Gasteiger partial charge in [-0.05, 0) is 48.6 Å². The van der Waals surface area contributed by atoms with Crippen LogP contribution in [-0.2, 0) is 22.6 Å². The Morgan fingerprint density at radius 1 is 1.03 bits per heavy atom. The fraction of sp³-hybridized carbons (Fsp3) is 0.731. The lowest BCUT2D eigenvalue weighted by atomic mass is 9.91. The van der Waals surface area contributed by atoms with Crippen molar-refractivity contribution >= 4 is 5.96 Å². The number of piperidine rings is 2. The number of aliphatic imine (C=N–C) groups is 1. The van der Waals surface area contributed by atoms with Crippen molar-refractivity contribution in [3.63, 3.8) is 0 Å². The van der Waals surface area contributed by atoms with Gasteiger partial charge in [0.25, 0.3) is 0 Å². The van der Waals surface area contributed by atoms with Crippen LogP contribution in [0.5, 0.6) is 0 Å². The van der Waals surface area contributed by atoms with E-state index in [0.717, 1.165) is 76.5 Å². The Balaban J connectivity index is 1.39. The lowest BCUT2D eigenvalue weighted by Gasteiger charge is -2.35. The molecule has 0 aromatic heterocycles. The Bertz CT molecular complexity index is 676. The number of methoxy groups -OCH3 is 1. The lowest BCUT2D eigenvalue weighted by molar-refractivity contribution is 0.00989. The van der Waals surface area contributed by atoms with E-state index < -0.39 is 0 Å². The van der Waals surface area contributed by atoms with Crippen LogP contribution < -0.4 is 5.32 Å². The molecule has 32 heavy (non-hydrogen) atoms. The largest absolute Gasteiger partial charge is 0.385 e. The molecule has 2 fully saturated rings.